The van der Waals surface area contributed by atoms with E-state index in [2.05, 4.69) is 13.2 Å². The van der Waals surface area contributed by atoms with Crippen molar-refractivity contribution in [3.63, 3.8) is 0 Å². The first-order chi connectivity index (χ1) is 11.1. The Morgan fingerprint density at radius 2 is 1.91 bits per heavy atom. The molecule has 3 rings (SSSR count). The van der Waals surface area contributed by atoms with Crippen molar-refractivity contribution in [2.75, 3.05) is 7.11 Å². The van der Waals surface area contributed by atoms with Crippen LogP contribution in [0.1, 0.15) is 21.7 Å². The Hall–Kier alpha value is -3.14. The van der Waals surface area contributed by atoms with E-state index >= 15 is 0 Å². The summed E-state index contributed by atoms with van der Waals surface area (Å²) in [4.78, 5) is 24.2. The molecule has 0 spiro atoms. The Morgan fingerprint density at radius 3 is 2.57 bits per heavy atom. The highest BCUT2D eigenvalue weighted by molar-refractivity contribution is 6.00. The number of fused-ring (bicyclic) bond motifs is 2. The molecule has 4 nitrogen and oxygen atoms in total. The molecule has 0 aliphatic heterocycles. The molecule has 0 aliphatic rings. The Labute approximate surface area is 132 Å². The number of carbonyl (C=O) groups is 1. The molecule has 1 heterocycles. The summed E-state index contributed by atoms with van der Waals surface area (Å²) >= 11 is 0. The molecule has 0 bridgehead atoms. The fourth-order valence-corrected chi connectivity index (χ4v) is 2.56. The molecule has 0 amide bonds. The van der Waals surface area contributed by atoms with E-state index in [1.54, 1.807) is 30.3 Å². The molecule has 0 fully saturated rings. The number of hydrogen-bond acceptors (Lipinski definition) is 4. The Morgan fingerprint density at radius 1 is 1.13 bits per heavy atom. The van der Waals surface area contributed by atoms with Crippen LogP contribution < -0.4 is 5.43 Å². The average molecular weight is 306 g/mol. The number of carbonyl (C=O) groups excluding carboxylic acids is 1. The Kier molecular flexibility index (Phi) is 3.58. The fraction of sp³-hybridized carbons (Fsp3) is 0.0526. The zero-order valence-electron chi connectivity index (χ0n) is 12.6. The van der Waals surface area contributed by atoms with Crippen LogP contribution >= 0.6 is 0 Å². The van der Waals surface area contributed by atoms with Gasteiger partial charge in [-0.25, -0.2) is 4.79 Å². The summed E-state index contributed by atoms with van der Waals surface area (Å²) in [6.07, 6.45) is 2.94. The van der Waals surface area contributed by atoms with E-state index in [4.69, 9.17) is 9.15 Å². The lowest BCUT2D eigenvalue weighted by Crippen LogP contribution is -2.07. The summed E-state index contributed by atoms with van der Waals surface area (Å²) in [5.41, 5.74) is 1.10. The van der Waals surface area contributed by atoms with Crippen LogP contribution in [0.3, 0.4) is 0 Å². The first kappa shape index (κ1) is 14.8. The summed E-state index contributed by atoms with van der Waals surface area (Å²) in [5.74, 6) is -0.0387. The van der Waals surface area contributed by atoms with Crippen molar-refractivity contribution in [3.05, 3.63) is 70.6 Å². The third-order valence-corrected chi connectivity index (χ3v) is 3.72. The van der Waals surface area contributed by atoms with Crippen LogP contribution in [0.5, 0.6) is 0 Å². The molecule has 0 N–H and O–H groups in total. The van der Waals surface area contributed by atoms with Gasteiger partial charge in [0.1, 0.15) is 11.3 Å². The van der Waals surface area contributed by atoms with Crippen LogP contribution in [0.25, 0.3) is 33.9 Å². The van der Waals surface area contributed by atoms with Gasteiger partial charge in [-0.2, -0.15) is 0 Å². The van der Waals surface area contributed by atoms with Gasteiger partial charge in [0, 0.05) is 0 Å². The zero-order valence-corrected chi connectivity index (χ0v) is 12.6. The van der Waals surface area contributed by atoms with Crippen LogP contribution in [0.4, 0.5) is 0 Å². The molecule has 114 valence electrons. The van der Waals surface area contributed by atoms with E-state index in [9.17, 15) is 9.59 Å². The second kappa shape index (κ2) is 5.57. The minimum absolute atomic E-state index is 0.157. The number of rotatable bonds is 3. The molecule has 0 radical (unpaired) electrons. The van der Waals surface area contributed by atoms with Gasteiger partial charge in [-0.1, -0.05) is 25.3 Å². The van der Waals surface area contributed by atoms with Crippen molar-refractivity contribution in [1.29, 1.82) is 0 Å². The summed E-state index contributed by atoms with van der Waals surface area (Å²) < 4.78 is 10.5. The summed E-state index contributed by atoms with van der Waals surface area (Å²) in [6, 6.07) is 8.62. The second-order valence-corrected chi connectivity index (χ2v) is 5.02. The number of benzene rings is 2. The molecule has 0 aliphatic carbocycles. The molecular formula is C19H14O4. The molecule has 2 aromatic carbocycles. The van der Waals surface area contributed by atoms with Gasteiger partial charge in [0.05, 0.1) is 23.6 Å². The molecule has 3 aromatic rings. The van der Waals surface area contributed by atoms with Crippen molar-refractivity contribution in [2.24, 2.45) is 0 Å². The van der Waals surface area contributed by atoms with Gasteiger partial charge in [-0.05, 0) is 41.1 Å². The molecular weight excluding hydrogens is 292 g/mol. The highest BCUT2D eigenvalue weighted by Gasteiger charge is 2.12. The topological polar surface area (TPSA) is 56.5 Å². The zero-order chi connectivity index (χ0) is 16.6. The van der Waals surface area contributed by atoms with E-state index < -0.39 is 5.97 Å². The molecule has 0 atom stereocenters. The predicted molar refractivity (Wildman–Crippen MR) is 91.5 cm³/mol. The lowest BCUT2D eigenvalue weighted by molar-refractivity contribution is 0.0601. The molecule has 23 heavy (non-hydrogen) atoms. The Bertz CT molecular complexity index is 1020. The minimum Gasteiger partial charge on any atom is -0.465 e. The van der Waals surface area contributed by atoms with E-state index in [1.165, 1.54) is 19.3 Å². The van der Waals surface area contributed by atoms with Crippen LogP contribution in [0, 0.1) is 0 Å². The summed E-state index contributed by atoms with van der Waals surface area (Å²) in [7, 11) is 1.33. The first-order valence-electron chi connectivity index (χ1n) is 6.97. The van der Waals surface area contributed by atoms with Crippen LogP contribution in [0.15, 0.2) is 52.7 Å². The van der Waals surface area contributed by atoms with E-state index in [-0.39, 0.29) is 5.43 Å². The van der Waals surface area contributed by atoms with Crippen LogP contribution in [-0.4, -0.2) is 13.1 Å². The number of esters is 1. The van der Waals surface area contributed by atoms with E-state index in [0.29, 0.717) is 27.9 Å². The normalized spacial score (nSPS) is 10.7. The van der Waals surface area contributed by atoms with Crippen molar-refractivity contribution in [3.8, 4) is 0 Å². The lowest BCUT2D eigenvalue weighted by atomic mass is 10.0. The lowest BCUT2D eigenvalue weighted by Gasteiger charge is -2.06. The molecule has 0 saturated carbocycles. The number of hydrogen-bond donors (Lipinski definition) is 0. The fourth-order valence-electron chi connectivity index (χ4n) is 2.56. The summed E-state index contributed by atoms with van der Waals surface area (Å²) in [6.45, 7) is 7.31. The maximum Gasteiger partial charge on any atom is 0.337 e. The van der Waals surface area contributed by atoms with E-state index in [0.717, 1.165) is 10.8 Å². The van der Waals surface area contributed by atoms with Gasteiger partial charge in [0.15, 0.2) is 0 Å². The van der Waals surface area contributed by atoms with E-state index in [1.807, 2.05) is 0 Å². The smallest absolute Gasteiger partial charge is 0.337 e. The quantitative estimate of drug-likeness (QED) is 0.542. The van der Waals surface area contributed by atoms with Gasteiger partial charge in [-0.15, -0.1) is 0 Å². The Balaban J connectivity index is 2.37. The average Bonchev–Trinajstić information content (AvgIpc) is 2.58. The molecule has 4 heteroatoms. The van der Waals surface area contributed by atoms with Crippen molar-refractivity contribution >= 4 is 39.9 Å². The number of methoxy groups -OCH3 is 1. The molecule has 1 aromatic heterocycles. The highest BCUT2D eigenvalue weighted by Crippen LogP contribution is 2.25. The second-order valence-electron chi connectivity index (χ2n) is 5.02. The van der Waals surface area contributed by atoms with Gasteiger partial charge < -0.3 is 9.15 Å². The van der Waals surface area contributed by atoms with Crippen molar-refractivity contribution in [2.45, 2.75) is 0 Å². The largest absolute Gasteiger partial charge is 0.465 e. The standard InChI is InChI=1S/C19H14O4/c1-4-14-16(5-2)23-17-10-13-8-12(19(21)22-3)7-6-11(13)9-15(17)18(14)20/h4-10H,1-2H2,3H3. The van der Waals surface area contributed by atoms with Gasteiger partial charge in [0.25, 0.3) is 0 Å². The van der Waals surface area contributed by atoms with Crippen molar-refractivity contribution in [1.82, 2.24) is 0 Å². The van der Waals surface area contributed by atoms with Gasteiger partial charge in [0.2, 0.25) is 5.43 Å². The third-order valence-electron chi connectivity index (χ3n) is 3.72. The predicted octanol–water partition coefficient (Wildman–Crippen LogP) is 4.02. The van der Waals surface area contributed by atoms with Crippen molar-refractivity contribution < 1.29 is 13.9 Å². The molecule has 0 saturated heterocycles. The first-order valence-corrected chi connectivity index (χ1v) is 6.97. The third kappa shape index (κ3) is 2.34. The number of ether oxygens (including phenoxy) is 1. The molecule has 0 unspecified atom stereocenters. The maximum atomic E-state index is 12.6. The van der Waals surface area contributed by atoms with Gasteiger partial charge >= 0.3 is 5.97 Å². The highest BCUT2D eigenvalue weighted by atomic mass is 16.5. The van der Waals surface area contributed by atoms with Crippen LogP contribution in [0.2, 0.25) is 0 Å². The van der Waals surface area contributed by atoms with Crippen LogP contribution in [-0.2, 0) is 4.74 Å². The van der Waals surface area contributed by atoms with Gasteiger partial charge in [-0.3, -0.25) is 4.79 Å². The SMILES string of the molecule is C=Cc1oc2cc3cc(C(=O)OC)ccc3cc2c(=O)c1C=C. The monoisotopic (exact) mass is 306 g/mol. The summed E-state index contributed by atoms with van der Waals surface area (Å²) in [5, 5.41) is 2.08. The minimum atomic E-state index is -0.415. The maximum absolute atomic E-state index is 12.6.